The maximum absolute atomic E-state index is 13.6. The number of carbonyl (C=O) groups excluding carboxylic acids is 5. The van der Waals surface area contributed by atoms with Crippen molar-refractivity contribution in [3.8, 4) is 0 Å². The highest BCUT2D eigenvalue weighted by Crippen LogP contribution is 2.18. The maximum atomic E-state index is 13.6. The molecule has 0 aliphatic heterocycles. The standard InChI is InChI=1S/C55H106N4O9/c1-4-7-10-13-16-19-22-25-29-36-48(61)44-51(62)58-47(46-60)35-34-42-57-55(66)50(40-43-67-53(64)38-32-28-33-41-56)59-52(63)45-49(37-30-26-23-20-17-14-11-8-5-2)68-54(65)39-31-27-24-21-18-15-12-9-6-3/h47-50,60-61H,4-46,56H2,1-3H3,(H,57,66)(H,58,62)(H,59,63)/t47?,48-,49-,50?/m1/s1. The second-order valence-electron chi connectivity index (χ2n) is 19.6. The third kappa shape index (κ3) is 43.3. The molecule has 7 N–H and O–H groups in total. The minimum Gasteiger partial charge on any atom is -0.466 e. The molecule has 0 heterocycles. The van der Waals surface area contributed by atoms with Crippen LogP contribution >= 0.6 is 0 Å². The zero-order valence-electron chi connectivity index (χ0n) is 44.0. The Morgan fingerprint density at radius 1 is 0.500 bits per heavy atom. The summed E-state index contributed by atoms with van der Waals surface area (Å²) in [5, 5.41) is 29.0. The lowest BCUT2D eigenvalue weighted by Crippen LogP contribution is -2.48. The highest BCUT2D eigenvalue weighted by molar-refractivity contribution is 5.88. The zero-order valence-corrected chi connectivity index (χ0v) is 44.0. The van der Waals surface area contributed by atoms with E-state index < -0.39 is 36.1 Å². The van der Waals surface area contributed by atoms with Gasteiger partial charge in [0.1, 0.15) is 12.1 Å². The number of carbonyl (C=O) groups is 5. The first-order valence-electron chi connectivity index (χ1n) is 28.3. The number of aliphatic hydroxyl groups is 2. The first kappa shape index (κ1) is 65.2. The molecule has 0 bridgehead atoms. The van der Waals surface area contributed by atoms with Crippen LogP contribution in [0.5, 0.6) is 0 Å². The van der Waals surface area contributed by atoms with Gasteiger partial charge in [-0.05, 0) is 57.9 Å². The second kappa shape index (κ2) is 49.2. The van der Waals surface area contributed by atoms with Crippen LogP contribution in [-0.4, -0.2) is 90.5 Å². The predicted octanol–water partition coefficient (Wildman–Crippen LogP) is 11.1. The van der Waals surface area contributed by atoms with E-state index in [9.17, 15) is 34.2 Å². The van der Waals surface area contributed by atoms with Crippen LogP contribution in [0.1, 0.15) is 271 Å². The van der Waals surface area contributed by atoms with Crippen molar-refractivity contribution in [1.29, 1.82) is 0 Å². The average Bonchev–Trinajstić information content (AvgIpc) is 3.31. The van der Waals surface area contributed by atoms with Crippen molar-refractivity contribution in [2.24, 2.45) is 5.73 Å². The first-order valence-corrected chi connectivity index (χ1v) is 28.3. The summed E-state index contributed by atoms with van der Waals surface area (Å²) in [4.78, 5) is 65.4. The highest BCUT2D eigenvalue weighted by Gasteiger charge is 2.25. The van der Waals surface area contributed by atoms with Gasteiger partial charge in [0.05, 0.1) is 38.2 Å². The van der Waals surface area contributed by atoms with E-state index >= 15 is 0 Å². The van der Waals surface area contributed by atoms with E-state index in [-0.39, 0.29) is 63.3 Å². The summed E-state index contributed by atoms with van der Waals surface area (Å²) in [6, 6.07) is -1.54. The number of esters is 2. The minimum atomic E-state index is -1.00. The van der Waals surface area contributed by atoms with Crippen LogP contribution in [-0.2, 0) is 33.4 Å². The van der Waals surface area contributed by atoms with Crippen molar-refractivity contribution in [2.45, 2.75) is 295 Å². The fourth-order valence-electron chi connectivity index (χ4n) is 8.58. The van der Waals surface area contributed by atoms with Crippen molar-refractivity contribution < 1.29 is 43.7 Å². The van der Waals surface area contributed by atoms with Crippen molar-refractivity contribution in [1.82, 2.24) is 16.0 Å². The van der Waals surface area contributed by atoms with Gasteiger partial charge in [-0.1, -0.05) is 188 Å². The maximum Gasteiger partial charge on any atom is 0.306 e. The lowest BCUT2D eigenvalue weighted by Gasteiger charge is -2.22. The van der Waals surface area contributed by atoms with E-state index in [0.29, 0.717) is 45.1 Å². The molecule has 0 fully saturated rings. The average molecular weight is 967 g/mol. The molecule has 0 aromatic rings. The van der Waals surface area contributed by atoms with E-state index in [4.69, 9.17) is 15.2 Å². The minimum absolute atomic E-state index is 0.0253. The molecule has 0 rings (SSSR count). The lowest BCUT2D eigenvalue weighted by atomic mass is 10.0. The lowest BCUT2D eigenvalue weighted by molar-refractivity contribution is -0.151. The summed E-state index contributed by atoms with van der Waals surface area (Å²) in [5.74, 6) is -1.85. The van der Waals surface area contributed by atoms with Gasteiger partial charge in [-0.2, -0.15) is 0 Å². The van der Waals surface area contributed by atoms with Gasteiger partial charge < -0.3 is 41.4 Å². The van der Waals surface area contributed by atoms with Crippen LogP contribution in [0, 0.1) is 0 Å². The topological polar surface area (TPSA) is 206 Å². The van der Waals surface area contributed by atoms with Crippen LogP contribution < -0.4 is 21.7 Å². The van der Waals surface area contributed by atoms with Gasteiger partial charge in [0.15, 0.2) is 0 Å². The van der Waals surface area contributed by atoms with Gasteiger partial charge in [-0.3, -0.25) is 24.0 Å². The van der Waals surface area contributed by atoms with Crippen molar-refractivity contribution >= 4 is 29.7 Å². The van der Waals surface area contributed by atoms with Crippen LogP contribution in [0.4, 0.5) is 0 Å². The number of hydrogen-bond donors (Lipinski definition) is 6. The van der Waals surface area contributed by atoms with Gasteiger partial charge in [0.2, 0.25) is 17.7 Å². The Hall–Kier alpha value is -2.77. The van der Waals surface area contributed by atoms with Gasteiger partial charge in [0, 0.05) is 25.8 Å². The number of nitrogens with two attached hydrogens (primary N) is 1. The van der Waals surface area contributed by atoms with Crippen molar-refractivity contribution in [3.63, 3.8) is 0 Å². The molecule has 0 saturated carbocycles. The summed E-state index contributed by atoms with van der Waals surface area (Å²) < 4.78 is 11.4. The molecule has 0 aliphatic carbocycles. The number of ether oxygens (including phenoxy) is 2. The number of amides is 3. The van der Waals surface area contributed by atoms with E-state index in [1.807, 2.05) is 0 Å². The molecule has 68 heavy (non-hydrogen) atoms. The van der Waals surface area contributed by atoms with Crippen LogP contribution in [0.3, 0.4) is 0 Å². The molecule has 0 saturated heterocycles. The molecule has 13 nitrogen and oxygen atoms in total. The molecule has 3 amide bonds. The number of hydrogen-bond acceptors (Lipinski definition) is 10. The summed E-state index contributed by atoms with van der Waals surface area (Å²) in [6.07, 6.45) is 34.7. The number of rotatable bonds is 51. The second-order valence-corrected chi connectivity index (χ2v) is 19.6. The normalized spacial score (nSPS) is 13.1. The Morgan fingerprint density at radius 3 is 1.47 bits per heavy atom. The van der Waals surface area contributed by atoms with E-state index in [2.05, 4.69) is 36.7 Å². The summed E-state index contributed by atoms with van der Waals surface area (Å²) in [7, 11) is 0. The fraction of sp³-hybridized carbons (Fsp3) is 0.909. The Bertz CT molecular complexity index is 1210. The Morgan fingerprint density at radius 2 is 0.956 bits per heavy atom. The first-order chi connectivity index (χ1) is 33.1. The number of aliphatic hydroxyl groups excluding tert-OH is 2. The molecule has 0 aliphatic rings. The fourth-order valence-corrected chi connectivity index (χ4v) is 8.58. The van der Waals surface area contributed by atoms with E-state index in [0.717, 1.165) is 70.6 Å². The van der Waals surface area contributed by atoms with Crippen LogP contribution in [0.25, 0.3) is 0 Å². The number of nitrogens with one attached hydrogen (secondary N) is 3. The quantitative estimate of drug-likeness (QED) is 0.0251. The molecule has 13 heteroatoms. The number of unbranched alkanes of at least 4 members (excludes halogenated alkanes) is 26. The molecule has 0 aromatic heterocycles. The molecule has 2 unspecified atom stereocenters. The van der Waals surface area contributed by atoms with Crippen LogP contribution in [0.2, 0.25) is 0 Å². The summed E-state index contributed by atoms with van der Waals surface area (Å²) in [5.41, 5.74) is 5.57. The monoisotopic (exact) mass is 967 g/mol. The summed E-state index contributed by atoms with van der Waals surface area (Å²) in [6.45, 7) is 7.09. The molecule has 4 atom stereocenters. The largest absolute Gasteiger partial charge is 0.466 e. The predicted molar refractivity (Wildman–Crippen MR) is 277 cm³/mol. The van der Waals surface area contributed by atoms with Crippen molar-refractivity contribution in [2.75, 3.05) is 26.3 Å². The third-order valence-electron chi connectivity index (χ3n) is 12.9. The third-order valence-corrected chi connectivity index (χ3v) is 12.9. The smallest absolute Gasteiger partial charge is 0.306 e. The summed E-state index contributed by atoms with van der Waals surface area (Å²) >= 11 is 0. The highest BCUT2D eigenvalue weighted by atomic mass is 16.5. The molecule has 0 radical (unpaired) electrons. The molecule has 0 aromatic carbocycles. The van der Waals surface area contributed by atoms with Crippen LogP contribution in [0.15, 0.2) is 0 Å². The molecular weight excluding hydrogens is 861 g/mol. The molecule has 400 valence electrons. The molecule has 0 spiro atoms. The Kier molecular flexibility index (Phi) is 47.2. The Labute approximate surface area is 415 Å². The van der Waals surface area contributed by atoms with E-state index in [1.54, 1.807) is 0 Å². The van der Waals surface area contributed by atoms with Gasteiger partial charge in [-0.25, -0.2) is 0 Å². The Balaban J connectivity index is 5.30. The van der Waals surface area contributed by atoms with Gasteiger partial charge >= 0.3 is 11.9 Å². The molecular formula is C55H106N4O9. The van der Waals surface area contributed by atoms with Crippen molar-refractivity contribution in [3.05, 3.63) is 0 Å². The van der Waals surface area contributed by atoms with Gasteiger partial charge in [0.25, 0.3) is 0 Å². The SMILES string of the molecule is CCCCCCCCCCCC(=O)O[C@H](CCCCCCCCCCC)CC(=O)NC(CCOC(=O)CCCCCN)C(=O)NCCCC(CO)NC(=O)C[C@H](O)CCCCCCCCCCC. The van der Waals surface area contributed by atoms with Gasteiger partial charge in [-0.15, -0.1) is 0 Å². The zero-order chi connectivity index (χ0) is 50.1. The van der Waals surface area contributed by atoms with E-state index in [1.165, 1.54) is 116 Å².